The lowest BCUT2D eigenvalue weighted by molar-refractivity contribution is -0.127. The van der Waals surface area contributed by atoms with Crippen LogP contribution in [0.1, 0.15) is 5.56 Å². The summed E-state index contributed by atoms with van der Waals surface area (Å²) in [5.74, 6) is 0. The molecule has 0 aliphatic carbocycles. The summed E-state index contributed by atoms with van der Waals surface area (Å²) < 4.78 is 0. The Balaban J connectivity index is 2.56. The van der Waals surface area contributed by atoms with Crippen molar-refractivity contribution in [3.8, 4) is 0 Å². The molecule has 1 aromatic rings. The standard InChI is InChI=1S/C9H10N2O2/c12-7-10-11(8-13)6-9-4-2-1-3-5-9/h1-5,7-8H,6H2,(H,10,12). The second-order valence-electron chi connectivity index (χ2n) is 2.47. The van der Waals surface area contributed by atoms with Gasteiger partial charge in [0.2, 0.25) is 12.8 Å². The predicted molar refractivity (Wildman–Crippen MR) is 47.2 cm³/mol. The molecule has 2 amide bonds. The number of nitrogens with zero attached hydrogens (tertiary/aromatic N) is 1. The van der Waals surface area contributed by atoms with Crippen LogP contribution < -0.4 is 5.43 Å². The number of hydrazine groups is 1. The van der Waals surface area contributed by atoms with Gasteiger partial charge in [-0.15, -0.1) is 0 Å². The highest BCUT2D eigenvalue weighted by Gasteiger charge is 1.99. The van der Waals surface area contributed by atoms with Crippen molar-refractivity contribution in [2.75, 3.05) is 0 Å². The molecule has 0 fully saturated rings. The Kier molecular flexibility index (Phi) is 3.50. The van der Waals surface area contributed by atoms with E-state index in [9.17, 15) is 9.59 Å². The summed E-state index contributed by atoms with van der Waals surface area (Å²) >= 11 is 0. The second kappa shape index (κ2) is 4.92. The van der Waals surface area contributed by atoms with Crippen LogP contribution in [0.5, 0.6) is 0 Å². The molecule has 0 spiro atoms. The first-order chi connectivity index (χ1) is 6.36. The van der Waals surface area contributed by atoms with Gasteiger partial charge in [-0.1, -0.05) is 30.3 Å². The molecule has 0 aliphatic rings. The number of amides is 2. The van der Waals surface area contributed by atoms with Crippen molar-refractivity contribution in [1.82, 2.24) is 10.4 Å². The fourth-order valence-corrected chi connectivity index (χ4v) is 0.961. The summed E-state index contributed by atoms with van der Waals surface area (Å²) in [7, 11) is 0. The minimum absolute atomic E-state index is 0.378. The van der Waals surface area contributed by atoms with Gasteiger partial charge in [0.05, 0.1) is 6.54 Å². The zero-order chi connectivity index (χ0) is 9.52. The van der Waals surface area contributed by atoms with Gasteiger partial charge >= 0.3 is 0 Å². The maximum Gasteiger partial charge on any atom is 0.228 e. The van der Waals surface area contributed by atoms with Crippen molar-refractivity contribution in [1.29, 1.82) is 0 Å². The van der Waals surface area contributed by atoms with E-state index in [1.807, 2.05) is 30.3 Å². The number of rotatable bonds is 5. The zero-order valence-electron chi connectivity index (χ0n) is 7.01. The monoisotopic (exact) mass is 178 g/mol. The Morgan fingerprint density at radius 2 is 1.92 bits per heavy atom. The first-order valence-electron chi connectivity index (χ1n) is 3.82. The number of benzene rings is 1. The summed E-state index contributed by atoms with van der Waals surface area (Å²) in [4.78, 5) is 20.5. The lowest BCUT2D eigenvalue weighted by Gasteiger charge is -2.14. The molecule has 4 heteroatoms. The lowest BCUT2D eigenvalue weighted by atomic mass is 10.2. The maximum absolute atomic E-state index is 10.4. The van der Waals surface area contributed by atoms with Gasteiger partial charge in [0.1, 0.15) is 0 Å². The van der Waals surface area contributed by atoms with Gasteiger partial charge in [-0.05, 0) is 5.56 Å². The van der Waals surface area contributed by atoms with Crippen LogP contribution in [-0.2, 0) is 16.1 Å². The Bertz CT molecular complexity index is 274. The predicted octanol–water partition coefficient (Wildman–Crippen LogP) is 0.306. The number of nitrogens with one attached hydrogen (secondary N) is 1. The second-order valence-corrected chi connectivity index (χ2v) is 2.47. The van der Waals surface area contributed by atoms with E-state index in [0.29, 0.717) is 19.4 Å². The molecule has 13 heavy (non-hydrogen) atoms. The first-order valence-corrected chi connectivity index (χ1v) is 3.82. The van der Waals surface area contributed by atoms with Crippen LogP contribution in [0.3, 0.4) is 0 Å². The van der Waals surface area contributed by atoms with Crippen molar-refractivity contribution in [2.45, 2.75) is 6.54 Å². The van der Waals surface area contributed by atoms with Gasteiger partial charge < -0.3 is 0 Å². The van der Waals surface area contributed by atoms with Crippen LogP contribution in [0.25, 0.3) is 0 Å². The highest BCUT2D eigenvalue weighted by molar-refractivity contribution is 5.54. The highest BCUT2D eigenvalue weighted by atomic mass is 16.2. The molecule has 0 aliphatic heterocycles. The van der Waals surface area contributed by atoms with Crippen LogP contribution in [0.15, 0.2) is 30.3 Å². The summed E-state index contributed by atoms with van der Waals surface area (Å²) in [6, 6.07) is 9.40. The average Bonchev–Trinajstić information content (AvgIpc) is 2.19. The van der Waals surface area contributed by atoms with Crippen LogP contribution in [0, 0.1) is 0 Å². The highest BCUT2D eigenvalue weighted by Crippen LogP contribution is 2.00. The summed E-state index contributed by atoms with van der Waals surface area (Å²) in [5, 5.41) is 1.17. The van der Waals surface area contributed by atoms with E-state index in [4.69, 9.17) is 0 Å². The van der Waals surface area contributed by atoms with Crippen LogP contribution in [-0.4, -0.2) is 17.8 Å². The quantitative estimate of drug-likeness (QED) is 0.521. The molecule has 1 N–H and O–H groups in total. The van der Waals surface area contributed by atoms with Gasteiger partial charge in [0.15, 0.2) is 0 Å². The molecule has 0 saturated heterocycles. The average molecular weight is 178 g/mol. The number of carbonyl (C=O) groups excluding carboxylic acids is 2. The lowest BCUT2D eigenvalue weighted by Crippen LogP contribution is -2.34. The minimum Gasteiger partial charge on any atom is -0.277 e. The molecule has 0 unspecified atom stereocenters. The molecule has 4 nitrogen and oxygen atoms in total. The number of hydrogen-bond acceptors (Lipinski definition) is 2. The van der Waals surface area contributed by atoms with E-state index in [-0.39, 0.29) is 0 Å². The fraction of sp³-hybridized carbons (Fsp3) is 0.111. The molecule has 0 saturated carbocycles. The Labute approximate surface area is 76.1 Å². The molecule has 0 aromatic heterocycles. The van der Waals surface area contributed by atoms with Gasteiger partial charge in [-0.25, -0.2) is 0 Å². The van der Waals surface area contributed by atoms with E-state index < -0.39 is 0 Å². The van der Waals surface area contributed by atoms with Crippen LogP contribution in [0.4, 0.5) is 0 Å². The topological polar surface area (TPSA) is 49.4 Å². The Morgan fingerprint density at radius 1 is 1.23 bits per heavy atom. The van der Waals surface area contributed by atoms with Crippen molar-refractivity contribution >= 4 is 12.8 Å². The maximum atomic E-state index is 10.4. The van der Waals surface area contributed by atoms with Crippen molar-refractivity contribution in [3.05, 3.63) is 35.9 Å². The molecule has 1 rings (SSSR count). The van der Waals surface area contributed by atoms with Crippen molar-refractivity contribution < 1.29 is 9.59 Å². The Morgan fingerprint density at radius 3 is 2.46 bits per heavy atom. The van der Waals surface area contributed by atoms with E-state index in [1.165, 1.54) is 5.01 Å². The number of carbonyl (C=O) groups is 2. The van der Waals surface area contributed by atoms with E-state index in [0.717, 1.165) is 5.56 Å². The molecule has 0 heterocycles. The molecule has 0 atom stereocenters. The minimum atomic E-state index is 0.378. The fourth-order valence-electron chi connectivity index (χ4n) is 0.961. The van der Waals surface area contributed by atoms with E-state index >= 15 is 0 Å². The molecular formula is C9H10N2O2. The third-order valence-corrected chi connectivity index (χ3v) is 1.54. The SMILES string of the molecule is O=CNN(C=O)Cc1ccccc1. The molecular weight excluding hydrogens is 168 g/mol. The van der Waals surface area contributed by atoms with Gasteiger partial charge in [0, 0.05) is 0 Å². The van der Waals surface area contributed by atoms with E-state index in [1.54, 1.807) is 0 Å². The summed E-state index contributed by atoms with van der Waals surface area (Å²) in [6.45, 7) is 0.378. The molecule has 0 radical (unpaired) electrons. The van der Waals surface area contributed by atoms with Crippen molar-refractivity contribution in [3.63, 3.8) is 0 Å². The third-order valence-electron chi connectivity index (χ3n) is 1.54. The molecule has 1 aromatic carbocycles. The van der Waals surface area contributed by atoms with Gasteiger partial charge in [0.25, 0.3) is 0 Å². The van der Waals surface area contributed by atoms with E-state index in [2.05, 4.69) is 5.43 Å². The molecule has 68 valence electrons. The summed E-state index contributed by atoms with van der Waals surface area (Å²) in [6.07, 6.45) is 1.04. The van der Waals surface area contributed by atoms with Gasteiger partial charge in [-0.2, -0.15) is 0 Å². The Hall–Kier alpha value is -1.84. The third kappa shape index (κ3) is 2.94. The largest absolute Gasteiger partial charge is 0.277 e. The number of hydrogen-bond donors (Lipinski definition) is 1. The van der Waals surface area contributed by atoms with Gasteiger partial charge in [-0.3, -0.25) is 20.0 Å². The first kappa shape index (κ1) is 9.25. The summed E-state index contributed by atoms with van der Waals surface area (Å²) in [5.41, 5.74) is 3.23. The van der Waals surface area contributed by atoms with Crippen LogP contribution >= 0.6 is 0 Å². The molecule has 0 bridgehead atoms. The van der Waals surface area contributed by atoms with Crippen LogP contribution in [0.2, 0.25) is 0 Å². The smallest absolute Gasteiger partial charge is 0.228 e. The van der Waals surface area contributed by atoms with Crippen molar-refractivity contribution in [2.24, 2.45) is 0 Å². The zero-order valence-corrected chi connectivity index (χ0v) is 7.01. The normalized spacial score (nSPS) is 8.92.